The highest BCUT2D eigenvalue weighted by Crippen LogP contribution is 2.21. The lowest BCUT2D eigenvalue weighted by Crippen LogP contribution is -2.47. The summed E-state index contributed by atoms with van der Waals surface area (Å²) in [4.78, 5) is 0. The summed E-state index contributed by atoms with van der Waals surface area (Å²) >= 11 is 0. The van der Waals surface area contributed by atoms with E-state index in [0.717, 1.165) is 5.56 Å². The van der Waals surface area contributed by atoms with Crippen molar-refractivity contribution < 1.29 is 21.1 Å². The molecule has 94 valence electrons. The Bertz CT molecular complexity index is 373. The molecule has 0 radical (unpaired) electrons. The predicted molar refractivity (Wildman–Crippen MR) is 62.2 cm³/mol. The number of aliphatic hydroxyl groups excluding tert-OH is 2. The van der Waals surface area contributed by atoms with E-state index in [2.05, 4.69) is 0 Å². The van der Waals surface area contributed by atoms with Gasteiger partial charge >= 0.3 is 0 Å². The van der Waals surface area contributed by atoms with Crippen LogP contribution in [-0.2, 0) is 16.1 Å². The Morgan fingerprint density at radius 1 is 1.35 bits per heavy atom. The van der Waals surface area contributed by atoms with Gasteiger partial charge in [0.15, 0.2) is 6.29 Å². The summed E-state index contributed by atoms with van der Waals surface area (Å²) < 4.78 is 18.5. The van der Waals surface area contributed by atoms with Crippen LogP contribution < -0.4 is 0 Å². The molecule has 4 heteroatoms. The fourth-order valence-corrected chi connectivity index (χ4v) is 1.71. The van der Waals surface area contributed by atoms with E-state index in [0.29, 0.717) is 6.61 Å². The van der Waals surface area contributed by atoms with Crippen molar-refractivity contribution in [2.45, 2.75) is 44.5 Å². The Morgan fingerprint density at radius 2 is 2.06 bits per heavy atom. The Labute approximate surface area is 102 Å². The molecule has 0 aliphatic carbocycles. The first kappa shape index (κ1) is 11.2. The SMILES string of the molecule is [2H][C@@H]1[C@@H](O)[C@H](OCc2ccccc2)O[C@@H](C)[C@H]1O. The average molecular weight is 239 g/mol. The van der Waals surface area contributed by atoms with Gasteiger partial charge in [0.2, 0.25) is 0 Å². The molecule has 0 unspecified atom stereocenters. The van der Waals surface area contributed by atoms with E-state index in [1.54, 1.807) is 6.92 Å². The summed E-state index contributed by atoms with van der Waals surface area (Å²) in [7, 11) is 0. The predicted octanol–water partition coefficient (Wildman–Crippen LogP) is 1.06. The number of rotatable bonds is 3. The fourth-order valence-electron chi connectivity index (χ4n) is 1.71. The summed E-state index contributed by atoms with van der Waals surface area (Å²) in [5, 5.41) is 19.4. The fraction of sp³-hybridized carbons (Fsp3) is 0.538. The third-order valence-corrected chi connectivity index (χ3v) is 2.76. The van der Waals surface area contributed by atoms with E-state index in [1.807, 2.05) is 30.3 Å². The smallest absolute Gasteiger partial charge is 0.184 e. The van der Waals surface area contributed by atoms with Gasteiger partial charge in [-0.1, -0.05) is 30.3 Å². The van der Waals surface area contributed by atoms with E-state index >= 15 is 0 Å². The van der Waals surface area contributed by atoms with Crippen LogP contribution in [-0.4, -0.2) is 34.8 Å². The summed E-state index contributed by atoms with van der Waals surface area (Å²) in [5.74, 6) is 0. The molecule has 0 bridgehead atoms. The second kappa shape index (κ2) is 5.60. The Morgan fingerprint density at radius 3 is 2.76 bits per heavy atom. The molecule has 1 heterocycles. The van der Waals surface area contributed by atoms with Gasteiger partial charge in [-0.25, -0.2) is 0 Å². The monoisotopic (exact) mass is 239 g/mol. The second-order valence-corrected chi connectivity index (χ2v) is 4.18. The Hall–Kier alpha value is -0.940. The summed E-state index contributed by atoms with van der Waals surface area (Å²) in [5.41, 5.74) is 0.966. The molecule has 0 saturated carbocycles. The number of aliphatic hydroxyl groups is 2. The Kier molecular flexibility index (Phi) is 3.68. The molecule has 0 spiro atoms. The minimum atomic E-state index is -1.14. The molecule has 5 atom stereocenters. The first-order valence-corrected chi connectivity index (χ1v) is 5.69. The summed E-state index contributed by atoms with van der Waals surface area (Å²) in [6.45, 7) is 1.97. The van der Waals surface area contributed by atoms with Crippen molar-refractivity contribution in [3.05, 3.63) is 35.9 Å². The van der Waals surface area contributed by atoms with E-state index < -0.39 is 31.0 Å². The van der Waals surface area contributed by atoms with Gasteiger partial charge in [0, 0.05) is 7.77 Å². The van der Waals surface area contributed by atoms with Crippen LogP contribution in [0.2, 0.25) is 0 Å². The molecule has 1 aromatic rings. The van der Waals surface area contributed by atoms with Crippen molar-refractivity contribution in [3.8, 4) is 0 Å². The van der Waals surface area contributed by atoms with Gasteiger partial charge in [-0.05, 0) is 12.5 Å². The minimum Gasteiger partial charge on any atom is -0.390 e. The summed E-state index contributed by atoms with van der Waals surface area (Å²) in [6.07, 6.45) is -4.52. The normalized spacial score (nSPS) is 38.8. The Balaban J connectivity index is 1.93. The van der Waals surface area contributed by atoms with Gasteiger partial charge in [0.1, 0.15) is 6.10 Å². The molecule has 1 aromatic carbocycles. The van der Waals surface area contributed by atoms with Crippen LogP contribution in [0.4, 0.5) is 0 Å². The molecule has 1 aliphatic heterocycles. The maximum atomic E-state index is 9.81. The first-order chi connectivity index (χ1) is 8.59. The van der Waals surface area contributed by atoms with Crippen LogP contribution in [0.3, 0.4) is 0 Å². The lowest BCUT2D eigenvalue weighted by molar-refractivity contribution is -0.264. The maximum absolute atomic E-state index is 9.81. The quantitative estimate of drug-likeness (QED) is 0.828. The second-order valence-electron chi connectivity index (χ2n) is 4.18. The molecule has 1 saturated heterocycles. The highest BCUT2D eigenvalue weighted by Gasteiger charge is 2.34. The zero-order valence-electron chi connectivity index (χ0n) is 10.7. The molecule has 2 rings (SSSR count). The molecule has 2 N–H and O–H groups in total. The van der Waals surface area contributed by atoms with Gasteiger partial charge in [0.25, 0.3) is 0 Å². The van der Waals surface area contributed by atoms with Gasteiger partial charge in [-0.15, -0.1) is 0 Å². The third kappa shape index (κ3) is 3.26. The third-order valence-electron chi connectivity index (χ3n) is 2.76. The van der Waals surface area contributed by atoms with E-state index in [1.165, 1.54) is 0 Å². The van der Waals surface area contributed by atoms with Crippen molar-refractivity contribution in [2.24, 2.45) is 0 Å². The van der Waals surface area contributed by atoms with E-state index in [-0.39, 0.29) is 0 Å². The number of ether oxygens (including phenoxy) is 2. The van der Waals surface area contributed by atoms with Crippen LogP contribution >= 0.6 is 0 Å². The highest BCUT2D eigenvalue weighted by atomic mass is 16.7. The van der Waals surface area contributed by atoms with Crippen LogP contribution in [0, 0.1) is 0 Å². The van der Waals surface area contributed by atoms with Crippen molar-refractivity contribution in [2.75, 3.05) is 0 Å². The van der Waals surface area contributed by atoms with E-state index in [9.17, 15) is 10.2 Å². The molecule has 4 nitrogen and oxygen atoms in total. The van der Waals surface area contributed by atoms with Crippen LogP contribution in [0.5, 0.6) is 0 Å². The zero-order chi connectivity index (χ0) is 13.1. The van der Waals surface area contributed by atoms with Gasteiger partial charge < -0.3 is 19.7 Å². The first-order valence-electron chi connectivity index (χ1n) is 6.26. The van der Waals surface area contributed by atoms with Gasteiger partial charge in [-0.2, -0.15) is 0 Å². The van der Waals surface area contributed by atoms with Gasteiger partial charge in [0.05, 0.1) is 18.8 Å². The number of hydrogen-bond donors (Lipinski definition) is 2. The van der Waals surface area contributed by atoms with Crippen molar-refractivity contribution in [3.63, 3.8) is 0 Å². The molecule has 0 aromatic heterocycles. The molecule has 1 fully saturated rings. The van der Waals surface area contributed by atoms with Crippen LogP contribution in [0.1, 0.15) is 20.3 Å². The topological polar surface area (TPSA) is 58.9 Å². The molecular formula is C13H18O4. The molecule has 1 aliphatic rings. The standard InChI is InChI=1S/C13H18O4/c1-9-11(14)7-12(15)13(17-9)16-8-10-5-3-2-4-6-10/h2-6,9,11-15H,7-8H2,1H3/t9-,11-,12+,13+/m0/s1/i7D/t7-,9-,11-,12+,13+. The van der Waals surface area contributed by atoms with Crippen LogP contribution in [0.25, 0.3) is 0 Å². The lowest BCUT2D eigenvalue weighted by atomic mass is 10.0. The maximum Gasteiger partial charge on any atom is 0.184 e. The number of benzene rings is 1. The zero-order valence-corrected chi connectivity index (χ0v) is 9.69. The molecular weight excluding hydrogens is 220 g/mol. The van der Waals surface area contributed by atoms with Crippen molar-refractivity contribution in [1.29, 1.82) is 0 Å². The number of hydrogen-bond acceptors (Lipinski definition) is 4. The lowest BCUT2D eigenvalue weighted by Gasteiger charge is -2.35. The van der Waals surface area contributed by atoms with Crippen molar-refractivity contribution >= 4 is 0 Å². The van der Waals surface area contributed by atoms with Crippen LogP contribution in [0.15, 0.2) is 30.3 Å². The van der Waals surface area contributed by atoms with Crippen molar-refractivity contribution in [1.82, 2.24) is 0 Å². The molecule has 0 amide bonds. The average Bonchev–Trinajstić information content (AvgIpc) is 2.40. The highest BCUT2D eigenvalue weighted by molar-refractivity contribution is 5.13. The molecule has 17 heavy (non-hydrogen) atoms. The largest absolute Gasteiger partial charge is 0.390 e. The summed E-state index contributed by atoms with van der Waals surface area (Å²) in [6, 6.07) is 9.53. The minimum absolute atomic E-state index is 0.304. The van der Waals surface area contributed by atoms with Gasteiger partial charge in [-0.3, -0.25) is 0 Å². The van der Waals surface area contributed by atoms with E-state index in [4.69, 9.17) is 10.8 Å².